The maximum atomic E-state index is 13.3. The quantitative estimate of drug-likeness (QED) is 0.752. The molecule has 1 aliphatic heterocycles. The smallest absolute Gasteiger partial charge is 0.316 e. The minimum Gasteiger partial charge on any atom is -0.457 e. The fourth-order valence-corrected chi connectivity index (χ4v) is 1.41. The van der Waals surface area contributed by atoms with E-state index < -0.39 is 12.3 Å². The fraction of sp³-hybridized carbons (Fsp3) is 0.556. The largest absolute Gasteiger partial charge is 0.457 e. The summed E-state index contributed by atoms with van der Waals surface area (Å²) in [5.74, 6) is 0. The molecule has 1 aliphatic rings. The van der Waals surface area contributed by atoms with Gasteiger partial charge < -0.3 is 10.1 Å². The zero-order valence-corrected chi connectivity index (χ0v) is 7.69. The van der Waals surface area contributed by atoms with Gasteiger partial charge in [-0.05, 0) is 19.0 Å². The summed E-state index contributed by atoms with van der Waals surface area (Å²) in [6.07, 6.45) is 2.42. The second-order valence-electron chi connectivity index (χ2n) is 3.20. The summed E-state index contributed by atoms with van der Waals surface area (Å²) in [4.78, 5) is 7.77. The van der Waals surface area contributed by atoms with Crippen LogP contribution in [-0.4, -0.2) is 35.3 Å². The van der Waals surface area contributed by atoms with Gasteiger partial charge in [0.15, 0.2) is 0 Å². The molecule has 0 aliphatic carbocycles. The molecule has 0 unspecified atom stereocenters. The Balaban J connectivity index is 1.96. The van der Waals surface area contributed by atoms with E-state index >= 15 is 0 Å². The van der Waals surface area contributed by atoms with E-state index in [0.717, 1.165) is 6.54 Å². The molecule has 0 spiro atoms. The number of rotatable bonds is 2. The van der Waals surface area contributed by atoms with Gasteiger partial charge in [0.1, 0.15) is 12.3 Å². The minimum atomic E-state index is -0.979. The number of hydrogen-bond acceptors (Lipinski definition) is 4. The lowest BCUT2D eigenvalue weighted by atomic mass is 10.1. The molecule has 76 valence electrons. The molecule has 1 fully saturated rings. The molecule has 1 aromatic rings. The van der Waals surface area contributed by atoms with Crippen LogP contribution in [0.25, 0.3) is 0 Å². The van der Waals surface area contributed by atoms with Gasteiger partial charge in [0.25, 0.3) is 0 Å². The first kappa shape index (κ1) is 9.33. The highest BCUT2D eigenvalue weighted by Crippen LogP contribution is 2.13. The van der Waals surface area contributed by atoms with Gasteiger partial charge in [0, 0.05) is 18.9 Å². The predicted octanol–water partition coefficient (Wildman–Crippen LogP) is 0.555. The second kappa shape index (κ2) is 4.32. The number of aromatic nitrogens is 2. The van der Waals surface area contributed by atoms with Crippen LogP contribution >= 0.6 is 0 Å². The normalized spacial score (nSPS) is 27.2. The molecule has 0 radical (unpaired) electrons. The molecule has 4 nitrogen and oxygen atoms in total. The van der Waals surface area contributed by atoms with Crippen molar-refractivity contribution >= 4 is 0 Å². The van der Waals surface area contributed by atoms with E-state index in [1.165, 1.54) is 0 Å². The first-order valence-corrected chi connectivity index (χ1v) is 4.65. The highest BCUT2D eigenvalue weighted by Gasteiger charge is 2.26. The average molecular weight is 197 g/mol. The van der Waals surface area contributed by atoms with E-state index in [2.05, 4.69) is 15.3 Å². The van der Waals surface area contributed by atoms with Crippen molar-refractivity contribution in [3.8, 4) is 6.01 Å². The molecule has 2 atom stereocenters. The standard InChI is InChI=1S/C9H12FN3O/c10-7-6-11-5-2-8(7)14-9-12-3-1-4-13-9/h1,3-4,7-8,11H,2,5-6H2/t7-,8+/m0/s1. The number of piperidine rings is 1. The van der Waals surface area contributed by atoms with Crippen LogP contribution in [0.5, 0.6) is 6.01 Å². The molecule has 5 heteroatoms. The van der Waals surface area contributed by atoms with Crippen LogP contribution in [0.2, 0.25) is 0 Å². The number of nitrogens with one attached hydrogen (secondary N) is 1. The Morgan fingerprint density at radius 2 is 2.21 bits per heavy atom. The molecule has 0 amide bonds. The fourth-order valence-electron chi connectivity index (χ4n) is 1.41. The second-order valence-corrected chi connectivity index (χ2v) is 3.20. The summed E-state index contributed by atoms with van der Waals surface area (Å²) in [6.45, 7) is 1.12. The number of hydrogen-bond donors (Lipinski definition) is 1. The van der Waals surface area contributed by atoms with E-state index in [9.17, 15) is 4.39 Å². The number of nitrogens with zero attached hydrogens (tertiary/aromatic N) is 2. The summed E-state index contributed by atoms with van der Waals surface area (Å²) in [6, 6.07) is 1.95. The van der Waals surface area contributed by atoms with Gasteiger partial charge in [0.05, 0.1) is 0 Å². The molecule has 1 aromatic heterocycles. The zero-order chi connectivity index (χ0) is 9.80. The van der Waals surface area contributed by atoms with E-state index in [1.54, 1.807) is 18.5 Å². The number of halogens is 1. The van der Waals surface area contributed by atoms with Crippen LogP contribution in [0, 0.1) is 0 Å². The summed E-state index contributed by atoms with van der Waals surface area (Å²) in [7, 11) is 0. The van der Waals surface area contributed by atoms with Crippen molar-refractivity contribution in [3.05, 3.63) is 18.5 Å². The van der Waals surface area contributed by atoms with Crippen LogP contribution in [0.4, 0.5) is 4.39 Å². The van der Waals surface area contributed by atoms with Crippen molar-refractivity contribution in [3.63, 3.8) is 0 Å². The Morgan fingerprint density at radius 1 is 1.43 bits per heavy atom. The minimum absolute atomic E-state index is 0.252. The molecule has 1 saturated heterocycles. The molecule has 14 heavy (non-hydrogen) atoms. The van der Waals surface area contributed by atoms with E-state index in [0.29, 0.717) is 13.0 Å². The van der Waals surface area contributed by atoms with E-state index in [4.69, 9.17) is 4.74 Å². The van der Waals surface area contributed by atoms with Crippen molar-refractivity contribution in [2.75, 3.05) is 13.1 Å². The zero-order valence-electron chi connectivity index (χ0n) is 7.69. The lowest BCUT2D eigenvalue weighted by Crippen LogP contribution is -2.44. The summed E-state index contributed by atoms with van der Waals surface area (Å²) >= 11 is 0. The Kier molecular flexibility index (Phi) is 2.88. The molecular weight excluding hydrogens is 185 g/mol. The van der Waals surface area contributed by atoms with Gasteiger partial charge in [-0.1, -0.05) is 0 Å². The van der Waals surface area contributed by atoms with Gasteiger partial charge in [0.2, 0.25) is 0 Å². The molecule has 0 aromatic carbocycles. The summed E-state index contributed by atoms with van der Waals surface area (Å²) < 4.78 is 18.6. The predicted molar refractivity (Wildman–Crippen MR) is 48.8 cm³/mol. The maximum Gasteiger partial charge on any atom is 0.316 e. The number of ether oxygens (including phenoxy) is 1. The summed E-state index contributed by atoms with van der Waals surface area (Å²) in [5, 5.41) is 2.95. The van der Waals surface area contributed by atoms with Gasteiger partial charge >= 0.3 is 6.01 Å². The first-order valence-electron chi connectivity index (χ1n) is 4.65. The average Bonchev–Trinajstić information content (AvgIpc) is 2.23. The van der Waals surface area contributed by atoms with Gasteiger partial charge in [-0.25, -0.2) is 14.4 Å². The third kappa shape index (κ3) is 2.17. The van der Waals surface area contributed by atoms with Crippen molar-refractivity contribution < 1.29 is 9.13 Å². The first-order chi connectivity index (χ1) is 6.86. The molecule has 2 heterocycles. The lowest BCUT2D eigenvalue weighted by molar-refractivity contribution is 0.0652. The van der Waals surface area contributed by atoms with Crippen LogP contribution in [0.1, 0.15) is 6.42 Å². The van der Waals surface area contributed by atoms with Crippen molar-refractivity contribution in [1.82, 2.24) is 15.3 Å². The highest BCUT2D eigenvalue weighted by atomic mass is 19.1. The van der Waals surface area contributed by atoms with Gasteiger partial charge in [-0.2, -0.15) is 0 Å². The summed E-state index contributed by atoms with van der Waals surface area (Å²) in [5.41, 5.74) is 0. The molecule has 1 N–H and O–H groups in total. The Hall–Kier alpha value is -1.23. The monoisotopic (exact) mass is 197 g/mol. The van der Waals surface area contributed by atoms with Crippen LogP contribution in [-0.2, 0) is 0 Å². The van der Waals surface area contributed by atoms with E-state index in [-0.39, 0.29) is 6.01 Å². The Bertz CT molecular complexity index is 283. The molecular formula is C9H12FN3O. The Morgan fingerprint density at radius 3 is 2.93 bits per heavy atom. The maximum absolute atomic E-state index is 13.3. The van der Waals surface area contributed by atoms with Crippen LogP contribution in [0.15, 0.2) is 18.5 Å². The van der Waals surface area contributed by atoms with Crippen LogP contribution in [0.3, 0.4) is 0 Å². The highest BCUT2D eigenvalue weighted by molar-refractivity contribution is 4.96. The topological polar surface area (TPSA) is 47.0 Å². The van der Waals surface area contributed by atoms with Crippen molar-refractivity contribution in [2.45, 2.75) is 18.7 Å². The van der Waals surface area contributed by atoms with Crippen molar-refractivity contribution in [1.29, 1.82) is 0 Å². The van der Waals surface area contributed by atoms with Gasteiger partial charge in [-0.15, -0.1) is 0 Å². The third-order valence-corrected chi connectivity index (χ3v) is 2.15. The van der Waals surface area contributed by atoms with Gasteiger partial charge in [-0.3, -0.25) is 0 Å². The lowest BCUT2D eigenvalue weighted by Gasteiger charge is -2.26. The molecule has 2 rings (SSSR count). The Labute approximate surface area is 81.5 Å². The molecule has 0 saturated carbocycles. The molecule has 0 bridgehead atoms. The van der Waals surface area contributed by atoms with E-state index in [1.807, 2.05) is 0 Å². The SMILES string of the molecule is F[C@H]1CNCC[C@H]1Oc1ncccn1. The van der Waals surface area contributed by atoms with Crippen LogP contribution < -0.4 is 10.1 Å². The van der Waals surface area contributed by atoms with Crippen molar-refractivity contribution in [2.24, 2.45) is 0 Å². The number of alkyl halides is 1. The third-order valence-electron chi connectivity index (χ3n) is 2.15.